The van der Waals surface area contributed by atoms with Gasteiger partial charge in [-0.3, -0.25) is 0 Å². The lowest BCUT2D eigenvalue weighted by Crippen LogP contribution is -2.52. The van der Waals surface area contributed by atoms with Crippen LogP contribution < -0.4 is 15.4 Å². The van der Waals surface area contributed by atoms with E-state index in [1.165, 1.54) is 12.1 Å². The van der Waals surface area contributed by atoms with Crippen LogP contribution in [-0.4, -0.2) is 49.1 Å². The first-order valence-electron chi connectivity index (χ1n) is 8.06. The van der Waals surface area contributed by atoms with Gasteiger partial charge in [-0.05, 0) is 45.0 Å². The van der Waals surface area contributed by atoms with Gasteiger partial charge in [0.15, 0.2) is 6.10 Å². The summed E-state index contributed by atoms with van der Waals surface area (Å²) >= 11 is 0. The van der Waals surface area contributed by atoms with Gasteiger partial charge in [0.1, 0.15) is 23.8 Å². The van der Waals surface area contributed by atoms with Crippen molar-refractivity contribution in [2.24, 2.45) is 0 Å². The molecule has 0 aliphatic carbocycles. The summed E-state index contributed by atoms with van der Waals surface area (Å²) in [6.07, 6.45) is -0.783. The van der Waals surface area contributed by atoms with E-state index < -0.39 is 0 Å². The van der Waals surface area contributed by atoms with E-state index in [-0.39, 0.29) is 41.7 Å². The van der Waals surface area contributed by atoms with Crippen LogP contribution in [0.2, 0.25) is 0 Å². The van der Waals surface area contributed by atoms with Gasteiger partial charge in [-0.25, -0.2) is 9.18 Å². The molecular weight excluding hydrogens is 315 g/mol. The summed E-state index contributed by atoms with van der Waals surface area (Å²) < 4.78 is 30.3. The Hall–Kier alpha value is -1.86. The third kappa shape index (κ3) is 3.96. The molecule has 2 aliphatic rings. The van der Waals surface area contributed by atoms with Crippen LogP contribution in [0.5, 0.6) is 5.75 Å². The second-order valence-electron chi connectivity index (χ2n) is 7.16. The Bertz CT molecular complexity index is 587. The maximum absolute atomic E-state index is 13.0. The minimum atomic E-state index is -0.312. The van der Waals surface area contributed by atoms with E-state index in [2.05, 4.69) is 10.6 Å². The topological polar surface area (TPSA) is 68.8 Å². The van der Waals surface area contributed by atoms with Crippen LogP contribution >= 0.6 is 0 Å². The van der Waals surface area contributed by atoms with Gasteiger partial charge < -0.3 is 24.8 Å². The Kier molecular flexibility index (Phi) is 4.64. The SMILES string of the molecule is CC(C)(C)NC(=O)N[C@H]1CO[C@H]2[C@@H]1OC[C@@H]2Oc1ccc(F)cc1. The summed E-state index contributed by atoms with van der Waals surface area (Å²) in [7, 11) is 0. The fourth-order valence-electron chi connectivity index (χ4n) is 2.92. The van der Waals surface area contributed by atoms with Gasteiger partial charge in [0.05, 0.1) is 19.3 Å². The molecule has 2 amide bonds. The second-order valence-corrected chi connectivity index (χ2v) is 7.16. The predicted molar refractivity (Wildman–Crippen MR) is 85.5 cm³/mol. The number of halogens is 1. The number of carbonyl (C=O) groups is 1. The van der Waals surface area contributed by atoms with Gasteiger partial charge in [0, 0.05) is 5.54 Å². The molecule has 2 saturated heterocycles. The summed E-state index contributed by atoms with van der Waals surface area (Å²) in [4.78, 5) is 12.0. The number of carbonyl (C=O) groups excluding carboxylic acids is 1. The largest absolute Gasteiger partial charge is 0.485 e. The zero-order chi connectivity index (χ0) is 17.3. The van der Waals surface area contributed by atoms with Crippen LogP contribution in [0.4, 0.5) is 9.18 Å². The average Bonchev–Trinajstić information content (AvgIpc) is 3.04. The monoisotopic (exact) mass is 338 g/mol. The van der Waals surface area contributed by atoms with Gasteiger partial charge in [-0.15, -0.1) is 0 Å². The van der Waals surface area contributed by atoms with Crippen molar-refractivity contribution in [3.05, 3.63) is 30.1 Å². The summed E-state index contributed by atoms with van der Waals surface area (Å²) in [5.74, 6) is 0.255. The molecule has 2 aliphatic heterocycles. The highest BCUT2D eigenvalue weighted by atomic mass is 19.1. The van der Waals surface area contributed by atoms with Gasteiger partial charge in [0.2, 0.25) is 0 Å². The van der Waals surface area contributed by atoms with Crippen molar-refractivity contribution in [1.82, 2.24) is 10.6 Å². The van der Waals surface area contributed by atoms with E-state index in [0.29, 0.717) is 19.0 Å². The Morgan fingerprint density at radius 2 is 1.83 bits per heavy atom. The minimum absolute atomic E-state index is 0.223. The van der Waals surface area contributed by atoms with E-state index in [9.17, 15) is 9.18 Å². The number of nitrogens with one attached hydrogen (secondary N) is 2. The van der Waals surface area contributed by atoms with Crippen LogP contribution in [0.1, 0.15) is 20.8 Å². The molecule has 0 unspecified atom stereocenters. The normalized spacial score (nSPS) is 29.2. The first-order chi connectivity index (χ1) is 11.3. The Morgan fingerprint density at radius 1 is 1.17 bits per heavy atom. The van der Waals surface area contributed by atoms with Crippen molar-refractivity contribution in [2.45, 2.75) is 50.7 Å². The first kappa shape index (κ1) is 17.0. The summed E-state index contributed by atoms with van der Waals surface area (Å²) in [5.41, 5.74) is -0.312. The van der Waals surface area contributed by atoms with Crippen molar-refractivity contribution in [2.75, 3.05) is 13.2 Å². The number of urea groups is 1. The maximum atomic E-state index is 13.0. The zero-order valence-corrected chi connectivity index (χ0v) is 14.0. The lowest BCUT2D eigenvalue weighted by Gasteiger charge is -2.24. The van der Waals surface area contributed by atoms with Crippen molar-refractivity contribution in [1.29, 1.82) is 0 Å². The van der Waals surface area contributed by atoms with Crippen molar-refractivity contribution >= 4 is 6.03 Å². The smallest absolute Gasteiger partial charge is 0.315 e. The van der Waals surface area contributed by atoms with Crippen LogP contribution in [0, 0.1) is 5.82 Å². The predicted octanol–water partition coefficient (Wildman–Crippen LogP) is 1.84. The minimum Gasteiger partial charge on any atom is -0.485 e. The standard InChI is InChI=1S/C17H23FN2O4/c1-17(2,3)20-16(21)19-12-8-22-15-13(9-23-14(12)15)24-11-6-4-10(18)5-7-11/h4-7,12-15H,8-9H2,1-3H3,(H2,19,20,21)/t12-,13-,14+,15+/m0/s1. The second kappa shape index (κ2) is 6.57. The Labute approximate surface area is 140 Å². The third-order valence-electron chi connectivity index (χ3n) is 3.91. The maximum Gasteiger partial charge on any atom is 0.315 e. The number of benzene rings is 1. The Balaban J connectivity index is 1.56. The lowest BCUT2D eigenvalue weighted by atomic mass is 10.1. The number of hydrogen-bond donors (Lipinski definition) is 2. The first-order valence-corrected chi connectivity index (χ1v) is 8.06. The molecule has 2 heterocycles. The number of amides is 2. The molecule has 1 aromatic rings. The van der Waals surface area contributed by atoms with E-state index >= 15 is 0 Å². The van der Waals surface area contributed by atoms with Crippen molar-refractivity contribution in [3.8, 4) is 5.75 Å². The number of hydrogen-bond acceptors (Lipinski definition) is 4. The molecule has 0 saturated carbocycles. The quantitative estimate of drug-likeness (QED) is 0.882. The van der Waals surface area contributed by atoms with E-state index in [1.54, 1.807) is 12.1 Å². The number of rotatable bonds is 3. The van der Waals surface area contributed by atoms with Crippen LogP contribution in [0.3, 0.4) is 0 Å². The molecule has 7 heteroatoms. The fourth-order valence-corrected chi connectivity index (χ4v) is 2.92. The highest BCUT2D eigenvalue weighted by molar-refractivity contribution is 5.75. The molecule has 3 rings (SSSR count). The van der Waals surface area contributed by atoms with Gasteiger partial charge in [-0.2, -0.15) is 0 Å². The number of ether oxygens (including phenoxy) is 3. The van der Waals surface area contributed by atoms with Crippen LogP contribution in [-0.2, 0) is 9.47 Å². The van der Waals surface area contributed by atoms with E-state index in [0.717, 1.165) is 0 Å². The zero-order valence-electron chi connectivity index (χ0n) is 14.0. The van der Waals surface area contributed by atoms with Gasteiger partial charge in [-0.1, -0.05) is 0 Å². The molecule has 0 bridgehead atoms. The molecule has 2 N–H and O–H groups in total. The van der Waals surface area contributed by atoms with Gasteiger partial charge in [0.25, 0.3) is 0 Å². The van der Waals surface area contributed by atoms with E-state index in [1.807, 2.05) is 20.8 Å². The fraction of sp³-hybridized carbons (Fsp3) is 0.588. The number of fused-ring (bicyclic) bond motifs is 1. The summed E-state index contributed by atoms with van der Waals surface area (Å²) in [5, 5.41) is 5.75. The molecule has 4 atom stereocenters. The van der Waals surface area contributed by atoms with Gasteiger partial charge >= 0.3 is 6.03 Å². The molecule has 132 valence electrons. The molecule has 6 nitrogen and oxygen atoms in total. The van der Waals surface area contributed by atoms with E-state index in [4.69, 9.17) is 14.2 Å². The summed E-state index contributed by atoms with van der Waals surface area (Å²) in [6, 6.07) is 5.37. The van der Waals surface area contributed by atoms with Crippen LogP contribution in [0.25, 0.3) is 0 Å². The highest BCUT2D eigenvalue weighted by Gasteiger charge is 2.49. The molecule has 2 fully saturated rings. The van der Waals surface area contributed by atoms with Crippen molar-refractivity contribution < 1.29 is 23.4 Å². The van der Waals surface area contributed by atoms with Crippen LogP contribution in [0.15, 0.2) is 24.3 Å². The summed E-state index contributed by atoms with van der Waals surface area (Å²) in [6.45, 7) is 6.49. The molecule has 24 heavy (non-hydrogen) atoms. The average molecular weight is 338 g/mol. The molecular formula is C17H23FN2O4. The highest BCUT2D eigenvalue weighted by Crippen LogP contribution is 2.30. The Morgan fingerprint density at radius 3 is 2.50 bits per heavy atom. The molecule has 0 radical (unpaired) electrons. The molecule has 0 spiro atoms. The van der Waals surface area contributed by atoms with Crippen molar-refractivity contribution in [3.63, 3.8) is 0 Å². The third-order valence-corrected chi connectivity index (χ3v) is 3.91. The molecule has 0 aromatic heterocycles. The lowest BCUT2D eigenvalue weighted by molar-refractivity contribution is 0.0303. The molecule has 1 aromatic carbocycles.